The van der Waals surface area contributed by atoms with E-state index in [-0.39, 0.29) is 18.2 Å². The van der Waals surface area contributed by atoms with Gasteiger partial charge >= 0.3 is 6.09 Å². The Labute approximate surface area is 200 Å². The minimum atomic E-state index is -0.487. The van der Waals surface area contributed by atoms with Crippen LogP contribution < -0.4 is 10.5 Å². The van der Waals surface area contributed by atoms with Crippen molar-refractivity contribution in [1.82, 2.24) is 19.7 Å². The van der Waals surface area contributed by atoms with E-state index in [0.717, 1.165) is 29.5 Å². The van der Waals surface area contributed by atoms with Gasteiger partial charge in [-0.1, -0.05) is 30.3 Å². The number of pyridine rings is 1. The molecule has 1 aromatic carbocycles. The highest BCUT2D eigenvalue weighted by Crippen LogP contribution is 2.31. The number of likely N-dealkylation sites (tertiary alicyclic amines) is 1. The van der Waals surface area contributed by atoms with Gasteiger partial charge in [-0.3, -0.25) is 4.68 Å². The molecule has 1 aliphatic heterocycles. The van der Waals surface area contributed by atoms with Crippen molar-refractivity contribution >= 4 is 11.9 Å². The number of nitrogens with two attached hydrogens (primary N) is 1. The van der Waals surface area contributed by atoms with Crippen LogP contribution in [0.15, 0.2) is 55.0 Å². The molecule has 0 aliphatic carbocycles. The molecule has 180 valence electrons. The summed E-state index contributed by atoms with van der Waals surface area (Å²) in [7, 11) is 0. The molecule has 1 saturated heterocycles. The standard InChI is InChI=1S/C26H33N5O3/c1-18(19-8-6-5-7-9-19)33-23-14-20(15-28-24(23)27)21-16-29-31(17-21)22-10-12-30(13-11-22)25(32)34-26(2,3)4/h5-9,14-18,22H,10-13H2,1-4H3,(H2,27,28). The van der Waals surface area contributed by atoms with E-state index < -0.39 is 5.60 Å². The first-order valence-corrected chi connectivity index (χ1v) is 11.7. The molecule has 8 nitrogen and oxygen atoms in total. The smallest absolute Gasteiger partial charge is 0.410 e. The summed E-state index contributed by atoms with van der Waals surface area (Å²) in [6, 6.07) is 12.1. The first kappa shape index (κ1) is 23.6. The zero-order chi connectivity index (χ0) is 24.3. The number of anilines is 1. The summed E-state index contributed by atoms with van der Waals surface area (Å²) >= 11 is 0. The number of amides is 1. The van der Waals surface area contributed by atoms with Crippen molar-refractivity contribution in [2.24, 2.45) is 0 Å². The molecule has 1 unspecified atom stereocenters. The van der Waals surface area contributed by atoms with Crippen molar-refractivity contribution in [2.75, 3.05) is 18.8 Å². The molecular formula is C26H33N5O3. The number of aromatic nitrogens is 3. The lowest BCUT2D eigenvalue weighted by Crippen LogP contribution is -2.42. The SMILES string of the molecule is CC(Oc1cc(-c2cnn(C3CCN(C(=O)OC(C)(C)C)CC3)c2)cnc1N)c1ccccc1. The van der Waals surface area contributed by atoms with Gasteiger partial charge in [-0.05, 0) is 52.2 Å². The van der Waals surface area contributed by atoms with Crippen LogP contribution >= 0.6 is 0 Å². The number of nitrogen functional groups attached to an aromatic ring is 1. The molecule has 0 saturated carbocycles. The monoisotopic (exact) mass is 463 g/mol. The highest BCUT2D eigenvalue weighted by Gasteiger charge is 2.28. The fourth-order valence-electron chi connectivity index (χ4n) is 4.02. The molecule has 2 N–H and O–H groups in total. The maximum atomic E-state index is 12.3. The lowest BCUT2D eigenvalue weighted by atomic mass is 10.1. The lowest BCUT2D eigenvalue weighted by molar-refractivity contribution is 0.0185. The summed E-state index contributed by atoms with van der Waals surface area (Å²) in [4.78, 5) is 18.4. The summed E-state index contributed by atoms with van der Waals surface area (Å²) in [5.74, 6) is 0.903. The van der Waals surface area contributed by atoms with Crippen LogP contribution in [0, 0.1) is 0 Å². The Bertz CT molecular complexity index is 1110. The van der Waals surface area contributed by atoms with Crippen LogP contribution in [-0.2, 0) is 4.74 Å². The van der Waals surface area contributed by atoms with Gasteiger partial charge < -0.3 is 20.1 Å². The van der Waals surface area contributed by atoms with E-state index in [1.54, 1.807) is 11.1 Å². The molecule has 3 heterocycles. The second-order valence-corrected chi connectivity index (χ2v) is 9.69. The van der Waals surface area contributed by atoms with Crippen LogP contribution in [0.25, 0.3) is 11.1 Å². The summed E-state index contributed by atoms with van der Waals surface area (Å²) in [5.41, 5.74) is 8.51. The first-order valence-electron chi connectivity index (χ1n) is 11.7. The van der Waals surface area contributed by atoms with E-state index in [9.17, 15) is 4.79 Å². The molecule has 34 heavy (non-hydrogen) atoms. The van der Waals surface area contributed by atoms with Crippen molar-refractivity contribution in [3.63, 3.8) is 0 Å². The minimum Gasteiger partial charge on any atom is -0.482 e. The largest absolute Gasteiger partial charge is 0.482 e. The number of piperidine rings is 1. The fraction of sp³-hybridized carbons (Fsp3) is 0.423. The van der Waals surface area contributed by atoms with Crippen LogP contribution in [-0.4, -0.2) is 44.4 Å². The van der Waals surface area contributed by atoms with Gasteiger partial charge in [-0.25, -0.2) is 9.78 Å². The molecule has 0 spiro atoms. The Morgan fingerprint density at radius 3 is 2.50 bits per heavy atom. The molecule has 1 fully saturated rings. The number of carbonyl (C=O) groups is 1. The molecular weight excluding hydrogens is 430 g/mol. The molecule has 4 rings (SSSR count). The van der Waals surface area contributed by atoms with Crippen molar-refractivity contribution in [3.05, 3.63) is 60.6 Å². The summed E-state index contributed by atoms with van der Waals surface area (Å²) in [6.45, 7) is 8.93. The van der Waals surface area contributed by atoms with E-state index >= 15 is 0 Å². The molecule has 0 bridgehead atoms. The third kappa shape index (κ3) is 5.68. The Morgan fingerprint density at radius 2 is 1.82 bits per heavy atom. The highest BCUT2D eigenvalue weighted by molar-refractivity contribution is 5.68. The zero-order valence-electron chi connectivity index (χ0n) is 20.3. The van der Waals surface area contributed by atoms with E-state index in [2.05, 4.69) is 10.1 Å². The number of rotatable bonds is 5. The Kier molecular flexibility index (Phi) is 6.77. The van der Waals surface area contributed by atoms with Gasteiger partial charge in [0.05, 0.1) is 12.2 Å². The topological polar surface area (TPSA) is 95.5 Å². The van der Waals surface area contributed by atoms with Crippen LogP contribution in [0.2, 0.25) is 0 Å². The van der Waals surface area contributed by atoms with Crippen LogP contribution in [0.3, 0.4) is 0 Å². The average molecular weight is 464 g/mol. The second-order valence-electron chi connectivity index (χ2n) is 9.69. The third-order valence-corrected chi connectivity index (χ3v) is 5.88. The fourth-order valence-corrected chi connectivity index (χ4v) is 4.02. The summed E-state index contributed by atoms with van der Waals surface area (Å²) in [5, 5.41) is 4.59. The lowest BCUT2D eigenvalue weighted by Gasteiger charge is -2.33. The maximum absolute atomic E-state index is 12.3. The minimum absolute atomic E-state index is 0.154. The Morgan fingerprint density at radius 1 is 1.12 bits per heavy atom. The summed E-state index contributed by atoms with van der Waals surface area (Å²) in [6.07, 6.45) is 6.83. The van der Waals surface area contributed by atoms with Crippen molar-refractivity contribution < 1.29 is 14.3 Å². The van der Waals surface area contributed by atoms with Gasteiger partial charge in [0, 0.05) is 36.6 Å². The number of nitrogens with zero attached hydrogens (tertiary/aromatic N) is 4. The Hall–Kier alpha value is -3.55. The molecule has 3 aromatic rings. The molecule has 0 radical (unpaired) electrons. The highest BCUT2D eigenvalue weighted by atomic mass is 16.6. The average Bonchev–Trinajstić information content (AvgIpc) is 3.30. The number of hydrogen-bond acceptors (Lipinski definition) is 6. The van der Waals surface area contributed by atoms with E-state index in [1.807, 2.05) is 81.2 Å². The van der Waals surface area contributed by atoms with Gasteiger partial charge in [0.1, 0.15) is 11.7 Å². The maximum Gasteiger partial charge on any atom is 0.410 e. The molecule has 1 aliphatic rings. The number of ether oxygens (including phenoxy) is 2. The predicted octanol–water partition coefficient (Wildman–Crippen LogP) is 5.24. The van der Waals surface area contributed by atoms with E-state index in [4.69, 9.17) is 15.2 Å². The number of hydrogen-bond donors (Lipinski definition) is 1. The second kappa shape index (κ2) is 9.75. The third-order valence-electron chi connectivity index (χ3n) is 5.88. The Balaban J connectivity index is 1.41. The van der Waals surface area contributed by atoms with E-state index in [1.165, 1.54) is 0 Å². The number of benzene rings is 1. The number of carbonyl (C=O) groups excluding carboxylic acids is 1. The van der Waals surface area contributed by atoms with Crippen LogP contribution in [0.1, 0.15) is 58.2 Å². The first-order chi connectivity index (χ1) is 16.2. The zero-order valence-corrected chi connectivity index (χ0v) is 20.3. The van der Waals surface area contributed by atoms with Gasteiger partial charge in [0.2, 0.25) is 0 Å². The van der Waals surface area contributed by atoms with Crippen LogP contribution in [0.5, 0.6) is 5.75 Å². The van der Waals surface area contributed by atoms with E-state index in [0.29, 0.717) is 24.7 Å². The predicted molar refractivity (Wildman–Crippen MR) is 131 cm³/mol. The normalized spacial score (nSPS) is 15.7. The molecule has 1 atom stereocenters. The van der Waals surface area contributed by atoms with Gasteiger partial charge in [0.25, 0.3) is 0 Å². The van der Waals surface area contributed by atoms with Crippen LogP contribution in [0.4, 0.5) is 10.6 Å². The van der Waals surface area contributed by atoms with Crippen molar-refractivity contribution in [3.8, 4) is 16.9 Å². The summed E-state index contributed by atoms with van der Waals surface area (Å²) < 4.78 is 13.6. The molecule has 8 heteroatoms. The van der Waals surface area contributed by atoms with Gasteiger partial charge in [0.15, 0.2) is 11.6 Å². The van der Waals surface area contributed by atoms with Crippen molar-refractivity contribution in [2.45, 2.75) is 58.3 Å². The van der Waals surface area contributed by atoms with Gasteiger partial charge in [-0.15, -0.1) is 0 Å². The quantitative estimate of drug-likeness (QED) is 0.556. The molecule has 2 aromatic heterocycles. The van der Waals surface area contributed by atoms with Gasteiger partial charge in [-0.2, -0.15) is 5.10 Å². The molecule has 1 amide bonds. The van der Waals surface area contributed by atoms with Crippen molar-refractivity contribution in [1.29, 1.82) is 0 Å².